The van der Waals surface area contributed by atoms with Crippen molar-refractivity contribution in [2.75, 3.05) is 11.4 Å². The van der Waals surface area contributed by atoms with Gasteiger partial charge in [-0.25, -0.2) is 9.78 Å². The maximum atomic E-state index is 11.4. The summed E-state index contributed by atoms with van der Waals surface area (Å²) in [6.07, 6.45) is 2.84. The van der Waals surface area contributed by atoms with Gasteiger partial charge in [0.15, 0.2) is 0 Å². The molecule has 3 unspecified atom stereocenters. The fourth-order valence-electron chi connectivity index (χ4n) is 2.81. The average Bonchev–Trinajstić information content (AvgIpc) is 2.34. The van der Waals surface area contributed by atoms with Crippen LogP contribution >= 0.6 is 15.9 Å². The van der Waals surface area contributed by atoms with Crippen LogP contribution in [0, 0.1) is 11.8 Å². The van der Waals surface area contributed by atoms with Crippen LogP contribution in [0.3, 0.4) is 0 Å². The van der Waals surface area contributed by atoms with Crippen molar-refractivity contribution in [3.05, 3.63) is 22.3 Å². The number of hydrogen-bond acceptors (Lipinski definition) is 3. The first kappa shape index (κ1) is 14.3. The second kappa shape index (κ2) is 5.49. The van der Waals surface area contributed by atoms with Gasteiger partial charge in [0.25, 0.3) is 0 Å². The SMILES string of the molecule is CC1CC(C)C(C)N(c2ncc(Br)cc2C(=O)O)C1. The lowest BCUT2D eigenvalue weighted by Gasteiger charge is -2.42. The Hall–Kier alpha value is -1.10. The molecule has 1 aromatic heterocycles. The molecule has 0 saturated carbocycles. The number of carboxylic acid groups (broad SMARTS) is 1. The van der Waals surface area contributed by atoms with Gasteiger partial charge in [0.05, 0.1) is 0 Å². The Morgan fingerprint density at radius 3 is 2.79 bits per heavy atom. The highest BCUT2D eigenvalue weighted by molar-refractivity contribution is 9.10. The molecule has 104 valence electrons. The second-order valence-electron chi connectivity index (χ2n) is 5.54. The smallest absolute Gasteiger partial charge is 0.339 e. The van der Waals surface area contributed by atoms with E-state index in [9.17, 15) is 9.90 Å². The van der Waals surface area contributed by atoms with E-state index in [2.05, 4.69) is 46.6 Å². The number of carbonyl (C=O) groups is 1. The Kier molecular flexibility index (Phi) is 4.13. The second-order valence-corrected chi connectivity index (χ2v) is 6.46. The van der Waals surface area contributed by atoms with Gasteiger partial charge in [0.1, 0.15) is 11.4 Å². The molecule has 1 aliphatic heterocycles. The minimum Gasteiger partial charge on any atom is -0.478 e. The largest absolute Gasteiger partial charge is 0.478 e. The van der Waals surface area contributed by atoms with Gasteiger partial charge < -0.3 is 10.0 Å². The maximum absolute atomic E-state index is 11.4. The number of rotatable bonds is 2. The van der Waals surface area contributed by atoms with Crippen molar-refractivity contribution in [1.82, 2.24) is 4.98 Å². The van der Waals surface area contributed by atoms with Crippen LogP contribution < -0.4 is 4.90 Å². The molecule has 1 aliphatic rings. The van der Waals surface area contributed by atoms with Crippen molar-refractivity contribution in [3.63, 3.8) is 0 Å². The topological polar surface area (TPSA) is 53.4 Å². The van der Waals surface area contributed by atoms with E-state index < -0.39 is 5.97 Å². The van der Waals surface area contributed by atoms with Crippen molar-refractivity contribution in [2.45, 2.75) is 33.2 Å². The molecule has 1 aromatic rings. The predicted molar refractivity (Wildman–Crippen MR) is 78.6 cm³/mol. The standard InChI is InChI=1S/C14H19BrN2O2/c1-8-4-9(2)10(3)17(7-8)13-12(14(18)19)5-11(15)6-16-13/h5-6,8-10H,4,7H2,1-3H3,(H,18,19). The third-order valence-corrected chi connectivity index (χ3v) is 4.37. The number of pyridine rings is 1. The highest BCUT2D eigenvalue weighted by atomic mass is 79.9. The molecule has 0 aromatic carbocycles. The molecule has 0 aliphatic carbocycles. The fourth-order valence-corrected chi connectivity index (χ4v) is 3.14. The number of hydrogen-bond donors (Lipinski definition) is 1. The number of carboxylic acids is 1. The lowest BCUT2D eigenvalue weighted by atomic mass is 9.86. The van der Waals surface area contributed by atoms with Crippen LogP contribution in [0.5, 0.6) is 0 Å². The van der Waals surface area contributed by atoms with Crippen molar-refractivity contribution < 1.29 is 9.90 Å². The summed E-state index contributed by atoms with van der Waals surface area (Å²) in [5.74, 6) is 0.748. The molecule has 2 rings (SSSR count). The molecule has 1 N–H and O–H groups in total. The first-order valence-electron chi connectivity index (χ1n) is 6.55. The molecule has 0 spiro atoms. The molecule has 5 heteroatoms. The van der Waals surface area contributed by atoms with E-state index in [0.29, 0.717) is 28.2 Å². The van der Waals surface area contributed by atoms with E-state index in [0.717, 1.165) is 6.54 Å². The van der Waals surface area contributed by atoms with Gasteiger partial charge in [-0.2, -0.15) is 0 Å². The van der Waals surface area contributed by atoms with Crippen LogP contribution in [0.25, 0.3) is 0 Å². The molecule has 3 atom stereocenters. The summed E-state index contributed by atoms with van der Waals surface area (Å²) in [5.41, 5.74) is 0.266. The van der Waals surface area contributed by atoms with Gasteiger partial charge in [-0.05, 0) is 47.2 Å². The number of piperidine rings is 1. The van der Waals surface area contributed by atoms with Crippen molar-refractivity contribution >= 4 is 27.7 Å². The molecular weight excluding hydrogens is 308 g/mol. The Morgan fingerprint density at radius 1 is 1.47 bits per heavy atom. The summed E-state index contributed by atoms with van der Waals surface area (Å²) in [7, 11) is 0. The van der Waals surface area contributed by atoms with Crippen LogP contribution in [0.15, 0.2) is 16.7 Å². The maximum Gasteiger partial charge on any atom is 0.339 e. The molecule has 1 fully saturated rings. The zero-order chi connectivity index (χ0) is 14.2. The summed E-state index contributed by atoms with van der Waals surface area (Å²) in [6.45, 7) is 7.42. The Labute approximate surface area is 122 Å². The minimum atomic E-state index is -0.929. The first-order valence-corrected chi connectivity index (χ1v) is 7.35. The summed E-state index contributed by atoms with van der Waals surface area (Å²) in [4.78, 5) is 17.9. The van der Waals surface area contributed by atoms with Crippen LogP contribution in [0.2, 0.25) is 0 Å². The molecule has 2 heterocycles. The number of halogens is 1. The van der Waals surface area contributed by atoms with E-state index in [4.69, 9.17) is 0 Å². The van der Waals surface area contributed by atoms with E-state index in [1.54, 1.807) is 12.3 Å². The third-order valence-electron chi connectivity index (χ3n) is 3.93. The molecule has 1 saturated heterocycles. The summed E-state index contributed by atoms with van der Waals surface area (Å²) >= 11 is 3.28. The summed E-state index contributed by atoms with van der Waals surface area (Å²) in [6, 6.07) is 1.93. The van der Waals surface area contributed by atoms with E-state index in [1.165, 1.54) is 6.42 Å². The zero-order valence-electron chi connectivity index (χ0n) is 11.4. The first-order chi connectivity index (χ1) is 8.90. The van der Waals surface area contributed by atoms with E-state index >= 15 is 0 Å². The van der Waals surface area contributed by atoms with Gasteiger partial charge in [0, 0.05) is 23.3 Å². The summed E-state index contributed by atoms with van der Waals surface area (Å²) < 4.78 is 0.694. The minimum absolute atomic E-state index is 0.266. The van der Waals surface area contributed by atoms with E-state index in [-0.39, 0.29) is 5.56 Å². The monoisotopic (exact) mass is 326 g/mol. The van der Waals surface area contributed by atoms with Crippen LogP contribution in [-0.4, -0.2) is 28.6 Å². The molecule has 0 bridgehead atoms. The summed E-state index contributed by atoms with van der Waals surface area (Å²) in [5, 5.41) is 9.35. The Balaban J connectivity index is 2.42. The molecule has 19 heavy (non-hydrogen) atoms. The van der Waals surface area contributed by atoms with Crippen LogP contribution in [0.1, 0.15) is 37.6 Å². The number of aromatic nitrogens is 1. The molecular formula is C14H19BrN2O2. The number of aromatic carboxylic acids is 1. The predicted octanol–water partition coefficient (Wildman–Crippen LogP) is 3.41. The third kappa shape index (κ3) is 2.91. The van der Waals surface area contributed by atoms with Crippen LogP contribution in [0.4, 0.5) is 5.82 Å². The average molecular weight is 327 g/mol. The fraction of sp³-hybridized carbons (Fsp3) is 0.571. The number of nitrogens with zero attached hydrogens (tertiary/aromatic N) is 2. The van der Waals surface area contributed by atoms with Crippen molar-refractivity contribution in [2.24, 2.45) is 11.8 Å². The van der Waals surface area contributed by atoms with Gasteiger partial charge in [-0.3, -0.25) is 0 Å². The Morgan fingerprint density at radius 2 is 2.16 bits per heavy atom. The van der Waals surface area contributed by atoms with Gasteiger partial charge in [-0.1, -0.05) is 13.8 Å². The lowest BCUT2D eigenvalue weighted by molar-refractivity contribution is 0.0696. The highest BCUT2D eigenvalue weighted by Gasteiger charge is 2.31. The van der Waals surface area contributed by atoms with E-state index in [1.807, 2.05) is 0 Å². The quantitative estimate of drug-likeness (QED) is 0.904. The normalized spacial score (nSPS) is 27.4. The van der Waals surface area contributed by atoms with Gasteiger partial charge >= 0.3 is 5.97 Å². The van der Waals surface area contributed by atoms with Gasteiger partial charge in [0.2, 0.25) is 0 Å². The van der Waals surface area contributed by atoms with Gasteiger partial charge in [-0.15, -0.1) is 0 Å². The van der Waals surface area contributed by atoms with Crippen molar-refractivity contribution in [3.8, 4) is 0 Å². The zero-order valence-corrected chi connectivity index (χ0v) is 13.0. The molecule has 0 radical (unpaired) electrons. The lowest BCUT2D eigenvalue weighted by Crippen LogP contribution is -2.46. The molecule has 0 amide bonds. The number of anilines is 1. The van der Waals surface area contributed by atoms with Crippen molar-refractivity contribution in [1.29, 1.82) is 0 Å². The highest BCUT2D eigenvalue weighted by Crippen LogP contribution is 2.32. The van der Waals surface area contributed by atoms with Crippen LogP contribution in [-0.2, 0) is 0 Å². The molecule has 4 nitrogen and oxygen atoms in total. The Bertz CT molecular complexity index is 492.